The predicted molar refractivity (Wildman–Crippen MR) is 70.3 cm³/mol. The van der Waals surface area contributed by atoms with Crippen molar-refractivity contribution in [1.82, 2.24) is 4.90 Å². The van der Waals surface area contributed by atoms with Gasteiger partial charge in [0.2, 0.25) is 0 Å². The van der Waals surface area contributed by atoms with E-state index in [1.54, 1.807) is 12.1 Å². The Balaban J connectivity index is 3.20. The minimum Gasteiger partial charge on any atom is -0.320 e. The van der Waals surface area contributed by atoms with E-state index in [0.717, 1.165) is 12.8 Å². The monoisotopic (exact) mass is 238 g/mol. The Kier molecular flexibility index (Phi) is 4.66. The Labute approximate surface area is 104 Å². The molecule has 0 aliphatic heterocycles. The van der Waals surface area contributed by atoms with E-state index in [4.69, 9.17) is 5.73 Å². The molecule has 2 N–H and O–H groups in total. The van der Waals surface area contributed by atoms with Gasteiger partial charge in [-0.05, 0) is 33.5 Å². The minimum absolute atomic E-state index is 0.0827. The van der Waals surface area contributed by atoms with Crippen molar-refractivity contribution in [1.29, 1.82) is 0 Å². The molecule has 2 atom stereocenters. The fourth-order valence-electron chi connectivity index (χ4n) is 2.28. The Morgan fingerprint density at radius 3 is 2.41 bits per heavy atom. The van der Waals surface area contributed by atoms with Crippen LogP contribution in [0.4, 0.5) is 4.39 Å². The van der Waals surface area contributed by atoms with Gasteiger partial charge in [-0.1, -0.05) is 31.5 Å². The molecular weight excluding hydrogens is 215 g/mol. The maximum absolute atomic E-state index is 13.9. The number of rotatable bonds is 5. The van der Waals surface area contributed by atoms with E-state index in [1.165, 1.54) is 6.07 Å². The average molecular weight is 238 g/mol. The SMILES string of the molecule is CCCC(N)(c1ccccc1F)C(C)N(C)C. The molecule has 1 rings (SSSR count). The molecule has 0 amide bonds. The van der Waals surface area contributed by atoms with Gasteiger partial charge in [0.25, 0.3) is 0 Å². The van der Waals surface area contributed by atoms with Crippen molar-refractivity contribution < 1.29 is 4.39 Å². The second-order valence-electron chi connectivity index (χ2n) is 4.91. The summed E-state index contributed by atoms with van der Waals surface area (Å²) in [5, 5.41) is 0. The lowest BCUT2D eigenvalue weighted by molar-refractivity contribution is 0.177. The quantitative estimate of drug-likeness (QED) is 0.854. The van der Waals surface area contributed by atoms with Crippen molar-refractivity contribution in [2.75, 3.05) is 14.1 Å². The van der Waals surface area contributed by atoms with Gasteiger partial charge >= 0.3 is 0 Å². The van der Waals surface area contributed by atoms with Crippen LogP contribution in [0.15, 0.2) is 24.3 Å². The number of benzene rings is 1. The molecule has 0 bridgehead atoms. The molecule has 2 nitrogen and oxygen atoms in total. The van der Waals surface area contributed by atoms with Crippen LogP contribution in [0.5, 0.6) is 0 Å². The highest BCUT2D eigenvalue weighted by molar-refractivity contribution is 5.27. The first-order chi connectivity index (χ1) is 7.93. The summed E-state index contributed by atoms with van der Waals surface area (Å²) < 4.78 is 13.9. The average Bonchev–Trinajstić information content (AvgIpc) is 2.28. The first-order valence-electron chi connectivity index (χ1n) is 6.13. The normalized spacial score (nSPS) is 16.9. The lowest BCUT2D eigenvalue weighted by atomic mass is 9.80. The van der Waals surface area contributed by atoms with Crippen molar-refractivity contribution in [3.05, 3.63) is 35.6 Å². The third kappa shape index (κ3) is 2.85. The van der Waals surface area contributed by atoms with Crippen LogP contribution in [0.1, 0.15) is 32.3 Å². The molecule has 1 aromatic carbocycles. The van der Waals surface area contributed by atoms with E-state index in [0.29, 0.717) is 5.56 Å². The largest absolute Gasteiger partial charge is 0.320 e. The van der Waals surface area contributed by atoms with Crippen molar-refractivity contribution in [3.63, 3.8) is 0 Å². The van der Waals surface area contributed by atoms with Crippen LogP contribution in [0.25, 0.3) is 0 Å². The Morgan fingerprint density at radius 1 is 1.35 bits per heavy atom. The van der Waals surface area contributed by atoms with Crippen LogP contribution in [0.2, 0.25) is 0 Å². The standard InChI is InChI=1S/C14H23FN2/c1-5-10-14(16,11(2)17(3)4)12-8-6-7-9-13(12)15/h6-9,11H,5,10,16H2,1-4H3. The summed E-state index contributed by atoms with van der Waals surface area (Å²) in [6.45, 7) is 4.12. The van der Waals surface area contributed by atoms with Gasteiger partial charge in [0.05, 0.1) is 5.54 Å². The van der Waals surface area contributed by atoms with Gasteiger partial charge in [0.1, 0.15) is 5.82 Å². The molecule has 0 aliphatic rings. The van der Waals surface area contributed by atoms with Crippen molar-refractivity contribution in [2.24, 2.45) is 5.73 Å². The summed E-state index contributed by atoms with van der Waals surface area (Å²) in [5.41, 5.74) is 6.47. The molecule has 0 saturated carbocycles. The molecule has 17 heavy (non-hydrogen) atoms. The van der Waals surface area contributed by atoms with E-state index < -0.39 is 5.54 Å². The number of hydrogen-bond acceptors (Lipinski definition) is 2. The summed E-state index contributed by atoms with van der Waals surface area (Å²) in [6, 6.07) is 6.91. The van der Waals surface area contributed by atoms with Crippen molar-refractivity contribution in [2.45, 2.75) is 38.3 Å². The zero-order valence-corrected chi connectivity index (χ0v) is 11.2. The fraction of sp³-hybridized carbons (Fsp3) is 0.571. The first-order valence-corrected chi connectivity index (χ1v) is 6.13. The summed E-state index contributed by atoms with van der Waals surface area (Å²) in [4.78, 5) is 2.04. The van der Waals surface area contributed by atoms with Gasteiger partial charge in [-0.15, -0.1) is 0 Å². The zero-order chi connectivity index (χ0) is 13.1. The molecule has 0 heterocycles. The summed E-state index contributed by atoms with van der Waals surface area (Å²) in [7, 11) is 3.95. The number of likely N-dealkylation sites (N-methyl/N-ethyl adjacent to an activating group) is 1. The highest BCUT2D eigenvalue weighted by atomic mass is 19.1. The van der Waals surface area contributed by atoms with Crippen LogP contribution in [0, 0.1) is 5.82 Å². The molecule has 0 spiro atoms. The third-order valence-electron chi connectivity index (χ3n) is 3.56. The molecule has 0 radical (unpaired) electrons. The molecular formula is C14H23FN2. The van der Waals surface area contributed by atoms with E-state index in [-0.39, 0.29) is 11.9 Å². The van der Waals surface area contributed by atoms with E-state index in [1.807, 2.05) is 32.0 Å². The van der Waals surface area contributed by atoms with Gasteiger partial charge < -0.3 is 10.6 Å². The smallest absolute Gasteiger partial charge is 0.128 e. The van der Waals surface area contributed by atoms with Gasteiger partial charge in [-0.25, -0.2) is 4.39 Å². The highest BCUT2D eigenvalue weighted by Gasteiger charge is 2.36. The molecule has 0 saturated heterocycles. The highest BCUT2D eigenvalue weighted by Crippen LogP contribution is 2.31. The maximum atomic E-state index is 13.9. The Hall–Kier alpha value is -0.930. The summed E-state index contributed by atoms with van der Waals surface area (Å²) in [6.07, 6.45) is 1.70. The topological polar surface area (TPSA) is 29.3 Å². The lowest BCUT2D eigenvalue weighted by Gasteiger charge is -2.39. The van der Waals surface area contributed by atoms with Crippen molar-refractivity contribution >= 4 is 0 Å². The number of nitrogens with two attached hydrogens (primary N) is 1. The molecule has 3 heteroatoms. The summed E-state index contributed by atoms with van der Waals surface area (Å²) >= 11 is 0. The van der Waals surface area contributed by atoms with E-state index in [2.05, 4.69) is 6.92 Å². The zero-order valence-electron chi connectivity index (χ0n) is 11.2. The van der Waals surface area contributed by atoms with Gasteiger partial charge in [0, 0.05) is 11.6 Å². The fourth-order valence-corrected chi connectivity index (χ4v) is 2.28. The van der Waals surface area contributed by atoms with Crippen LogP contribution in [-0.4, -0.2) is 25.0 Å². The number of hydrogen-bond donors (Lipinski definition) is 1. The maximum Gasteiger partial charge on any atom is 0.128 e. The Bertz CT molecular complexity index is 365. The number of nitrogens with zero attached hydrogens (tertiary/aromatic N) is 1. The van der Waals surface area contributed by atoms with Gasteiger partial charge in [-0.3, -0.25) is 0 Å². The van der Waals surface area contributed by atoms with Crippen LogP contribution >= 0.6 is 0 Å². The third-order valence-corrected chi connectivity index (χ3v) is 3.56. The lowest BCUT2D eigenvalue weighted by Crippen LogP contribution is -2.53. The number of halogens is 1. The van der Waals surface area contributed by atoms with Crippen LogP contribution < -0.4 is 5.73 Å². The van der Waals surface area contributed by atoms with E-state index >= 15 is 0 Å². The molecule has 0 aromatic heterocycles. The van der Waals surface area contributed by atoms with Gasteiger partial charge in [0.15, 0.2) is 0 Å². The second-order valence-corrected chi connectivity index (χ2v) is 4.91. The van der Waals surface area contributed by atoms with Gasteiger partial charge in [-0.2, -0.15) is 0 Å². The first kappa shape index (κ1) is 14.1. The van der Waals surface area contributed by atoms with Crippen molar-refractivity contribution in [3.8, 4) is 0 Å². The predicted octanol–water partition coefficient (Wildman–Crippen LogP) is 2.73. The molecule has 96 valence electrons. The minimum atomic E-state index is -0.635. The molecule has 1 aromatic rings. The van der Waals surface area contributed by atoms with E-state index in [9.17, 15) is 4.39 Å². The van der Waals surface area contributed by atoms with Crippen LogP contribution in [-0.2, 0) is 5.54 Å². The Morgan fingerprint density at radius 2 is 1.94 bits per heavy atom. The molecule has 0 fully saturated rings. The molecule has 2 unspecified atom stereocenters. The summed E-state index contributed by atoms with van der Waals surface area (Å²) in [5.74, 6) is -0.211. The van der Waals surface area contributed by atoms with Crippen LogP contribution in [0.3, 0.4) is 0 Å². The second kappa shape index (κ2) is 5.61. The molecule has 0 aliphatic carbocycles.